The Bertz CT molecular complexity index is 847. The number of benzene rings is 1. The summed E-state index contributed by atoms with van der Waals surface area (Å²) < 4.78 is 12.7. The number of nitrogens with one attached hydrogen (secondary N) is 1. The molecule has 0 bridgehead atoms. The van der Waals surface area contributed by atoms with E-state index in [9.17, 15) is 9.59 Å². The minimum absolute atomic E-state index is 0.0958. The topological polar surface area (TPSA) is 81.4 Å². The predicted molar refractivity (Wildman–Crippen MR) is 168 cm³/mol. The van der Waals surface area contributed by atoms with Crippen LogP contribution in [0.15, 0.2) is 52.7 Å². The van der Waals surface area contributed by atoms with Gasteiger partial charge in [0.15, 0.2) is 0 Å². The molecule has 0 saturated carbocycles. The van der Waals surface area contributed by atoms with Gasteiger partial charge in [-0.15, -0.1) is 0 Å². The second-order valence-corrected chi connectivity index (χ2v) is 24.5. The van der Waals surface area contributed by atoms with Crippen LogP contribution < -0.4 is 11.1 Å². The first-order valence-electron chi connectivity index (χ1n) is 15.3. The zero-order chi connectivity index (χ0) is 29.1. The molecule has 0 aliphatic rings. The molecule has 5 nitrogen and oxygen atoms in total. The summed E-state index contributed by atoms with van der Waals surface area (Å²) in [4.78, 5) is 25.3. The fourth-order valence-electron chi connectivity index (χ4n) is 5.11. The maximum atomic E-state index is 12.7. The van der Waals surface area contributed by atoms with E-state index in [0.29, 0.717) is 13.0 Å². The molecule has 0 unspecified atom stereocenters. The van der Waals surface area contributed by atoms with Crippen LogP contribution in [0.5, 0.6) is 0 Å². The summed E-state index contributed by atoms with van der Waals surface area (Å²) >= 11 is -2.32. The molecular weight excluding hydrogens is 591 g/mol. The van der Waals surface area contributed by atoms with E-state index in [1.54, 1.807) is 6.08 Å². The average Bonchev–Trinajstić information content (AvgIpc) is 2.93. The Morgan fingerprint density at radius 2 is 1.51 bits per heavy atom. The van der Waals surface area contributed by atoms with Gasteiger partial charge in [-0.1, -0.05) is 30.3 Å². The number of carbonyl (C=O) groups is 2. The van der Waals surface area contributed by atoms with Crippen molar-refractivity contribution in [1.29, 1.82) is 0 Å². The molecule has 0 aliphatic heterocycles. The first-order chi connectivity index (χ1) is 18.7. The Morgan fingerprint density at radius 3 is 2.03 bits per heavy atom. The molecule has 3 N–H and O–H groups in total. The number of unbranched alkanes of at least 4 members (excludes halogenated alkanes) is 3. The van der Waals surface area contributed by atoms with Gasteiger partial charge in [-0.3, -0.25) is 0 Å². The van der Waals surface area contributed by atoms with Gasteiger partial charge in [0.25, 0.3) is 0 Å². The Kier molecular flexibility index (Phi) is 18.4. The van der Waals surface area contributed by atoms with Crippen molar-refractivity contribution in [3.8, 4) is 0 Å². The summed E-state index contributed by atoms with van der Waals surface area (Å²) in [6.07, 6.45) is 13.5. The van der Waals surface area contributed by atoms with Gasteiger partial charge in [0.05, 0.1) is 0 Å². The van der Waals surface area contributed by atoms with Gasteiger partial charge in [0.2, 0.25) is 0 Å². The van der Waals surface area contributed by atoms with E-state index in [4.69, 9.17) is 10.5 Å². The van der Waals surface area contributed by atoms with E-state index < -0.39 is 30.4 Å². The van der Waals surface area contributed by atoms with Gasteiger partial charge in [0, 0.05) is 0 Å². The Hall–Kier alpha value is -1.60. The number of rotatable bonds is 20. The monoisotopic (exact) mass is 648 g/mol. The normalized spacial score (nSPS) is 14.6. The number of esters is 1. The molecule has 0 heterocycles. The van der Waals surface area contributed by atoms with Crippen molar-refractivity contribution >= 4 is 30.3 Å². The quantitative estimate of drug-likeness (QED) is 0.0880. The van der Waals surface area contributed by atoms with Gasteiger partial charge >= 0.3 is 196 Å². The van der Waals surface area contributed by atoms with Crippen molar-refractivity contribution < 1.29 is 14.3 Å². The summed E-state index contributed by atoms with van der Waals surface area (Å²) in [5, 5.41) is 3.03. The van der Waals surface area contributed by atoms with Crippen molar-refractivity contribution in [1.82, 2.24) is 5.32 Å². The van der Waals surface area contributed by atoms with Gasteiger partial charge in [-0.05, 0) is 12.0 Å². The Balaban J connectivity index is 2.69. The number of nitrogens with two attached hydrogens (primary N) is 1. The molecule has 1 amide bonds. The second-order valence-electron chi connectivity index (χ2n) is 11.5. The van der Waals surface area contributed by atoms with Crippen LogP contribution in [-0.4, -0.2) is 48.9 Å². The zero-order valence-electron chi connectivity index (χ0n) is 25.6. The van der Waals surface area contributed by atoms with E-state index in [1.807, 2.05) is 57.2 Å². The predicted octanol–water partition coefficient (Wildman–Crippen LogP) is 7.38. The van der Waals surface area contributed by atoms with Crippen molar-refractivity contribution in [2.24, 2.45) is 17.6 Å². The first kappa shape index (κ1) is 35.4. The molecule has 0 aliphatic carbocycles. The van der Waals surface area contributed by atoms with Crippen molar-refractivity contribution in [2.75, 3.05) is 6.54 Å². The number of hydrogen-bond donors (Lipinski definition) is 2. The number of amides is 1. The standard InChI is InChI=1S/C21H29N2O3.3C4H9.Sn/c1-5-13-23-19(24)12-11-16(4)20(15(2)3)26-21(25)18(22)14-17-9-7-6-8-10-17;3*1-3-4-2;/h1,5-12,15-16,18,20H,13-14,22H2,2-4H3,(H,23,24);3*1,3-4H2,2H3;/b5-1?,12-11+;;;;/t16-,18-,20-;;;;/m1..../s1. The van der Waals surface area contributed by atoms with E-state index in [2.05, 4.69) is 36.3 Å². The minimum atomic E-state index is -2.32. The molecule has 1 aromatic rings. The summed E-state index contributed by atoms with van der Waals surface area (Å²) in [7, 11) is 0. The zero-order valence-corrected chi connectivity index (χ0v) is 28.4. The number of ether oxygens (including phenoxy) is 1. The second kappa shape index (κ2) is 20.3. The number of hydrogen-bond acceptors (Lipinski definition) is 4. The molecule has 6 heteroatoms. The third-order valence-corrected chi connectivity index (χ3v) is 21.8. The molecule has 0 radical (unpaired) electrons. The molecule has 0 fully saturated rings. The number of carbonyl (C=O) groups excluding carboxylic acids is 2. The Labute approximate surface area is 243 Å². The molecule has 1 aromatic carbocycles. The molecule has 3 atom stereocenters. The van der Waals surface area contributed by atoms with Gasteiger partial charge in [0.1, 0.15) is 0 Å². The van der Waals surface area contributed by atoms with E-state index >= 15 is 0 Å². The van der Waals surface area contributed by atoms with Crippen LogP contribution in [0.2, 0.25) is 13.3 Å². The first-order valence-corrected chi connectivity index (χ1v) is 23.0. The molecule has 39 heavy (non-hydrogen) atoms. The Morgan fingerprint density at radius 1 is 0.949 bits per heavy atom. The van der Waals surface area contributed by atoms with Crippen LogP contribution in [0.1, 0.15) is 85.6 Å². The van der Waals surface area contributed by atoms with E-state index in [-0.39, 0.29) is 23.8 Å². The fraction of sp³-hybridized carbons (Fsp3) is 0.636. The summed E-state index contributed by atoms with van der Waals surface area (Å²) in [6, 6.07) is 9.00. The van der Waals surface area contributed by atoms with Crippen LogP contribution in [-0.2, 0) is 20.7 Å². The molecular formula is C33H56N2O3Sn. The fourth-order valence-corrected chi connectivity index (χ4v) is 19.5. The van der Waals surface area contributed by atoms with Crippen molar-refractivity contribution in [2.45, 2.75) is 112 Å². The average molecular weight is 648 g/mol. The summed E-state index contributed by atoms with van der Waals surface area (Å²) in [5.74, 6) is -0.535. The molecule has 220 valence electrons. The molecule has 0 aromatic heterocycles. The van der Waals surface area contributed by atoms with Crippen LogP contribution in [0.3, 0.4) is 0 Å². The molecule has 1 rings (SSSR count). The maximum absolute atomic E-state index is 12.7. The summed E-state index contributed by atoms with van der Waals surface area (Å²) in [6.45, 7) is 13.4. The van der Waals surface area contributed by atoms with E-state index in [1.165, 1.54) is 51.8 Å². The van der Waals surface area contributed by atoms with Gasteiger partial charge in [-0.2, -0.15) is 0 Å². The van der Waals surface area contributed by atoms with Crippen molar-refractivity contribution in [3.63, 3.8) is 0 Å². The van der Waals surface area contributed by atoms with Crippen molar-refractivity contribution in [3.05, 3.63) is 58.2 Å². The molecule has 0 saturated heterocycles. The SMILES string of the molecule is CCC[CH2][Sn](/[CH]=C/CNC(=O)/C=C/[C@@H](C)[C@H](OC(=O)[C@H](N)Cc1ccccc1)C(C)C)([CH2]CCC)[CH2]CCC. The van der Waals surface area contributed by atoms with Gasteiger partial charge < -0.3 is 5.73 Å². The van der Waals surface area contributed by atoms with E-state index in [0.717, 1.165) is 5.56 Å². The van der Waals surface area contributed by atoms with Crippen LogP contribution in [0.25, 0.3) is 0 Å². The summed E-state index contributed by atoms with van der Waals surface area (Å²) in [5.41, 5.74) is 7.14. The molecule has 0 spiro atoms. The third kappa shape index (κ3) is 14.6. The van der Waals surface area contributed by atoms with Crippen LogP contribution in [0.4, 0.5) is 0 Å². The third-order valence-electron chi connectivity index (χ3n) is 7.53. The van der Waals surface area contributed by atoms with Gasteiger partial charge in [-0.25, -0.2) is 0 Å². The van der Waals surface area contributed by atoms with Crippen LogP contribution >= 0.6 is 0 Å². The van der Waals surface area contributed by atoms with Crippen LogP contribution in [0, 0.1) is 11.8 Å².